The van der Waals surface area contributed by atoms with E-state index in [0.717, 1.165) is 30.5 Å². The highest BCUT2D eigenvalue weighted by Crippen LogP contribution is 2.27. The molecule has 3 heterocycles. The number of hydrogen-bond donors (Lipinski definition) is 0. The SMILES string of the molecule is O=C1c2cccnc2CCN1Cc1cccnc1OC1CCCC1. The number of carbonyl (C=O) groups excluding carboxylic acids is 1. The first-order valence-electron chi connectivity index (χ1n) is 8.65. The highest BCUT2D eigenvalue weighted by atomic mass is 16.5. The monoisotopic (exact) mass is 323 g/mol. The van der Waals surface area contributed by atoms with Crippen LogP contribution in [0.1, 0.15) is 47.3 Å². The van der Waals surface area contributed by atoms with Crippen molar-refractivity contribution in [2.45, 2.75) is 44.8 Å². The van der Waals surface area contributed by atoms with Crippen molar-refractivity contribution in [3.05, 3.63) is 53.5 Å². The van der Waals surface area contributed by atoms with Gasteiger partial charge in [-0.25, -0.2) is 4.98 Å². The summed E-state index contributed by atoms with van der Waals surface area (Å²) >= 11 is 0. The summed E-state index contributed by atoms with van der Waals surface area (Å²) in [4.78, 5) is 23.3. The molecule has 5 heteroatoms. The lowest BCUT2D eigenvalue weighted by atomic mass is 10.0. The molecule has 1 aliphatic carbocycles. The second kappa shape index (κ2) is 6.59. The fraction of sp³-hybridized carbons (Fsp3) is 0.421. The number of ether oxygens (including phenoxy) is 1. The van der Waals surface area contributed by atoms with Crippen LogP contribution in [0.3, 0.4) is 0 Å². The van der Waals surface area contributed by atoms with E-state index in [0.29, 0.717) is 24.5 Å². The molecule has 0 spiro atoms. The Kier molecular flexibility index (Phi) is 4.15. The van der Waals surface area contributed by atoms with E-state index in [1.807, 2.05) is 29.2 Å². The van der Waals surface area contributed by atoms with Crippen molar-refractivity contribution in [2.24, 2.45) is 0 Å². The van der Waals surface area contributed by atoms with Gasteiger partial charge in [0.2, 0.25) is 5.88 Å². The number of hydrogen-bond acceptors (Lipinski definition) is 4. The van der Waals surface area contributed by atoms with Gasteiger partial charge in [0, 0.05) is 30.9 Å². The van der Waals surface area contributed by atoms with Crippen LogP contribution in [-0.2, 0) is 13.0 Å². The third-order valence-electron chi connectivity index (χ3n) is 4.82. The molecular formula is C19H21N3O2. The summed E-state index contributed by atoms with van der Waals surface area (Å²) in [6, 6.07) is 7.58. The summed E-state index contributed by atoms with van der Waals surface area (Å²) in [5.74, 6) is 0.717. The van der Waals surface area contributed by atoms with Crippen molar-refractivity contribution in [2.75, 3.05) is 6.54 Å². The smallest absolute Gasteiger partial charge is 0.256 e. The Labute approximate surface area is 141 Å². The van der Waals surface area contributed by atoms with Gasteiger partial charge < -0.3 is 9.64 Å². The minimum atomic E-state index is 0.0417. The number of fused-ring (bicyclic) bond motifs is 1. The van der Waals surface area contributed by atoms with Crippen molar-refractivity contribution in [3.63, 3.8) is 0 Å². The molecule has 1 fully saturated rings. The molecule has 0 unspecified atom stereocenters. The molecule has 1 amide bonds. The van der Waals surface area contributed by atoms with Crippen LogP contribution in [0.4, 0.5) is 0 Å². The summed E-state index contributed by atoms with van der Waals surface area (Å²) in [7, 11) is 0. The molecule has 1 aliphatic heterocycles. The first kappa shape index (κ1) is 15.1. The van der Waals surface area contributed by atoms with Crippen molar-refractivity contribution in [1.29, 1.82) is 0 Å². The standard InChI is InChI=1S/C19H21N3O2/c23-19-16-8-4-10-20-17(16)9-12-22(19)13-14-5-3-11-21-18(14)24-15-6-1-2-7-15/h3-5,8,10-11,15H,1-2,6-7,9,12-13H2. The average molecular weight is 323 g/mol. The van der Waals surface area contributed by atoms with Crippen LogP contribution in [0.25, 0.3) is 0 Å². The van der Waals surface area contributed by atoms with E-state index in [1.54, 1.807) is 12.4 Å². The highest BCUT2D eigenvalue weighted by molar-refractivity contribution is 5.96. The van der Waals surface area contributed by atoms with Gasteiger partial charge in [-0.2, -0.15) is 0 Å². The van der Waals surface area contributed by atoms with Crippen LogP contribution in [0.5, 0.6) is 5.88 Å². The lowest BCUT2D eigenvalue weighted by Gasteiger charge is -2.28. The van der Waals surface area contributed by atoms with Gasteiger partial charge in [0.1, 0.15) is 6.10 Å². The fourth-order valence-electron chi connectivity index (χ4n) is 3.52. The van der Waals surface area contributed by atoms with Crippen LogP contribution in [0.15, 0.2) is 36.7 Å². The average Bonchev–Trinajstić information content (AvgIpc) is 3.12. The largest absolute Gasteiger partial charge is 0.474 e. The first-order valence-corrected chi connectivity index (χ1v) is 8.65. The number of carbonyl (C=O) groups is 1. The summed E-state index contributed by atoms with van der Waals surface area (Å²) in [6.07, 6.45) is 9.20. The predicted octanol–water partition coefficient (Wildman–Crippen LogP) is 3.00. The third-order valence-corrected chi connectivity index (χ3v) is 4.82. The van der Waals surface area contributed by atoms with Crippen LogP contribution in [0, 0.1) is 0 Å². The number of pyridine rings is 2. The zero-order valence-electron chi connectivity index (χ0n) is 13.6. The number of nitrogens with zero attached hydrogens (tertiary/aromatic N) is 3. The van der Waals surface area contributed by atoms with Gasteiger partial charge >= 0.3 is 0 Å². The molecule has 2 aromatic heterocycles. The molecule has 0 N–H and O–H groups in total. The molecule has 2 aliphatic rings. The van der Waals surface area contributed by atoms with Gasteiger partial charge in [-0.15, -0.1) is 0 Å². The van der Waals surface area contributed by atoms with E-state index in [4.69, 9.17) is 4.74 Å². The second-order valence-corrected chi connectivity index (χ2v) is 6.47. The lowest BCUT2D eigenvalue weighted by molar-refractivity contribution is 0.0722. The molecule has 0 atom stereocenters. The minimum absolute atomic E-state index is 0.0417. The van der Waals surface area contributed by atoms with Crippen molar-refractivity contribution in [3.8, 4) is 5.88 Å². The van der Waals surface area contributed by atoms with Crippen LogP contribution >= 0.6 is 0 Å². The summed E-state index contributed by atoms with van der Waals surface area (Å²) in [5, 5.41) is 0. The molecule has 1 saturated carbocycles. The summed E-state index contributed by atoms with van der Waals surface area (Å²) in [6.45, 7) is 1.21. The zero-order valence-corrected chi connectivity index (χ0v) is 13.6. The molecule has 0 saturated heterocycles. The fourth-order valence-corrected chi connectivity index (χ4v) is 3.52. The Bertz CT molecular complexity index is 741. The Morgan fingerprint density at radius 3 is 2.79 bits per heavy atom. The lowest BCUT2D eigenvalue weighted by Crippen LogP contribution is -2.37. The van der Waals surface area contributed by atoms with Crippen LogP contribution < -0.4 is 4.74 Å². The molecule has 2 aromatic rings. The minimum Gasteiger partial charge on any atom is -0.474 e. The number of amides is 1. The third kappa shape index (κ3) is 2.98. The molecule has 0 bridgehead atoms. The van der Waals surface area contributed by atoms with Gasteiger partial charge in [0.15, 0.2) is 0 Å². The predicted molar refractivity (Wildman–Crippen MR) is 89.8 cm³/mol. The van der Waals surface area contributed by atoms with Crippen LogP contribution in [-0.4, -0.2) is 33.4 Å². The van der Waals surface area contributed by atoms with E-state index < -0.39 is 0 Å². The molecule has 0 aromatic carbocycles. The topological polar surface area (TPSA) is 55.3 Å². The molecule has 0 radical (unpaired) electrons. The van der Waals surface area contributed by atoms with Crippen LogP contribution in [0.2, 0.25) is 0 Å². The quantitative estimate of drug-likeness (QED) is 0.868. The summed E-state index contributed by atoms with van der Waals surface area (Å²) < 4.78 is 6.09. The van der Waals surface area contributed by atoms with E-state index in [9.17, 15) is 4.79 Å². The maximum absolute atomic E-state index is 12.7. The van der Waals surface area contributed by atoms with Crippen molar-refractivity contribution in [1.82, 2.24) is 14.9 Å². The van der Waals surface area contributed by atoms with Crippen molar-refractivity contribution >= 4 is 5.91 Å². The van der Waals surface area contributed by atoms with E-state index in [1.165, 1.54) is 12.8 Å². The maximum Gasteiger partial charge on any atom is 0.256 e. The molecular weight excluding hydrogens is 302 g/mol. The number of rotatable bonds is 4. The van der Waals surface area contributed by atoms with E-state index in [-0.39, 0.29) is 12.0 Å². The molecule has 124 valence electrons. The maximum atomic E-state index is 12.7. The zero-order chi connectivity index (χ0) is 16.4. The Morgan fingerprint density at radius 1 is 1.12 bits per heavy atom. The normalized spacial score (nSPS) is 17.8. The molecule has 24 heavy (non-hydrogen) atoms. The Balaban J connectivity index is 1.52. The van der Waals surface area contributed by atoms with E-state index >= 15 is 0 Å². The summed E-state index contributed by atoms with van der Waals surface area (Å²) in [5.41, 5.74) is 2.59. The van der Waals surface area contributed by atoms with E-state index in [2.05, 4.69) is 9.97 Å². The van der Waals surface area contributed by atoms with Gasteiger partial charge in [0.25, 0.3) is 5.91 Å². The van der Waals surface area contributed by atoms with Gasteiger partial charge in [0.05, 0.1) is 17.8 Å². The Morgan fingerprint density at radius 2 is 1.92 bits per heavy atom. The first-order chi connectivity index (χ1) is 11.8. The Hall–Kier alpha value is -2.43. The van der Waals surface area contributed by atoms with Gasteiger partial charge in [-0.05, 0) is 43.9 Å². The molecule has 5 nitrogen and oxygen atoms in total. The molecule has 4 rings (SSSR count). The highest BCUT2D eigenvalue weighted by Gasteiger charge is 2.26. The second-order valence-electron chi connectivity index (χ2n) is 6.47. The van der Waals surface area contributed by atoms with Gasteiger partial charge in [-0.1, -0.05) is 6.07 Å². The van der Waals surface area contributed by atoms with Crippen molar-refractivity contribution < 1.29 is 9.53 Å². The van der Waals surface area contributed by atoms with Gasteiger partial charge in [-0.3, -0.25) is 9.78 Å². The number of aromatic nitrogens is 2.